The Hall–Kier alpha value is -1.96. The van der Waals surface area contributed by atoms with Crippen molar-refractivity contribution in [2.75, 3.05) is 5.32 Å². The highest BCUT2D eigenvalue weighted by Crippen LogP contribution is 2.26. The molecular weight excluding hydrogens is 342 g/mol. The lowest BCUT2D eigenvalue weighted by molar-refractivity contribution is 0.474. The Morgan fingerprint density at radius 1 is 0.679 bits per heavy atom. The van der Waals surface area contributed by atoms with Crippen LogP contribution >= 0.6 is 0 Å². The molecule has 154 valence electrons. The summed E-state index contributed by atoms with van der Waals surface area (Å²) in [5, 5.41) is 13.3. The summed E-state index contributed by atoms with van der Waals surface area (Å²) in [5.74, 6) is 0.354. The van der Waals surface area contributed by atoms with Crippen LogP contribution in [-0.4, -0.2) is 5.11 Å². The molecule has 0 spiro atoms. The summed E-state index contributed by atoms with van der Waals surface area (Å²) in [6, 6.07) is 15.9. The molecule has 0 heterocycles. The van der Waals surface area contributed by atoms with Crippen molar-refractivity contribution >= 4 is 11.4 Å². The van der Waals surface area contributed by atoms with Gasteiger partial charge in [0.1, 0.15) is 5.75 Å². The predicted octanol–water partition coefficient (Wildman–Crippen LogP) is 8.38. The monoisotopic (exact) mass is 381 g/mol. The molecule has 2 N–H and O–H groups in total. The number of phenolic OH excluding ortho intramolecular Hbond substituents is 1. The summed E-state index contributed by atoms with van der Waals surface area (Å²) in [6.45, 7) is 2.28. The first-order chi connectivity index (χ1) is 13.8. The van der Waals surface area contributed by atoms with Gasteiger partial charge in [0.25, 0.3) is 0 Å². The van der Waals surface area contributed by atoms with E-state index in [0.29, 0.717) is 5.75 Å². The van der Waals surface area contributed by atoms with E-state index in [-0.39, 0.29) is 0 Å². The molecule has 0 unspecified atom stereocenters. The highest BCUT2D eigenvalue weighted by Gasteiger charge is 2.05. The third-order valence-electron chi connectivity index (χ3n) is 5.44. The quantitative estimate of drug-likeness (QED) is 0.240. The maximum atomic E-state index is 9.87. The van der Waals surface area contributed by atoms with Gasteiger partial charge in [0.05, 0.1) is 0 Å². The van der Waals surface area contributed by atoms with Crippen LogP contribution in [0.15, 0.2) is 48.5 Å². The Kier molecular flexibility index (Phi) is 11.2. The topological polar surface area (TPSA) is 32.3 Å². The summed E-state index contributed by atoms with van der Waals surface area (Å²) in [4.78, 5) is 0. The highest BCUT2D eigenvalue weighted by molar-refractivity contribution is 5.64. The molecule has 0 aromatic heterocycles. The van der Waals surface area contributed by atoms with Crippen LogP contribution in [-0.2, 0) is 6.42 Å². The van der Waals surface area contributed by atoms with Crippen molar-refractivity contribution in [1.82, 2.24) is 0 Å². The maximum Gasteiger partial charge on any atom is 0.116 e. The third kappa shape index (κ3) is 9.30. The molecule has 0 amide bonds. The normalized spacial score (nSPS) is 10.9. The lowest BCUT2D eigenvalue weighted by atomic mass is 10.0. The molecule has 2 aromatic carbocycles. The van der Waals surface area contributed by atoms with Gasteiger partial charge in [0.15, 0.2) is 0 Å². The molecule has 0 atom stereocenters. The first-order valence-corrected chi connectivity index (χ1v) is 11.4. The minimum atomic E-state index is 0.354. The second kappa shape index (κ2) is 14.1. The fourth-order valence-electron chi connectivity index (χ4n) is 3.74. The molecule has 2 rings (SSSR count). The zero-order chi connectivity index (χ0) is 19.9. The van der Waals surface area contributed by atoms with Crippen molar-refractivity contribution in [2.45, 2.75) is 90.4 Å². The average Bonchev–Trinajstić information content (AvgIpc) is 2.71. The van der Waals surface area contributed by atoms with Gasteiger partial charge in [-0.05, 0) is 48.7 Å². The Morgan fingerprint density at radius 3 is 1.86 bits per heavy atom. The maximum absolute atomic E-state index is 9.87. The smallest absolute Gasteiger partial charge is 0.116 e. The Labute approximate surface area is 172 Å². The number of hydrogen-bond donors (Lipinski definition) is 2. The molecule has 0 radical (unpaired) electrons. The SMILES string of the molecule is CCCCCCCCCCCCCCc1cc(O)ccc1Nc1ccccc1. The van der Waals surface area contributed by atoms with Crippen LogP contribution in [0, 0.1) is 0 Å². The van der Waals surface area contributed by atoms with E-state index in [1.165, 1.54) is 82.6 Å². The summed E-state index contributed by atoms with van der Waals surface area (Å²) in [5.41, 5.74) is 3.40. The van der Waals surface area contributed by atoms with Gasteiger partial charge >= 0.3 is 0 Å². The van der Waals surface area contributed by atoms with E-state index in [1.54, 1.807) is 6.07 Å². The van der Waals surface area contributed by atoms with Crippen LogP contribution < -0.4 is 5.32 Å². The third-order valence-corrected chi connectivity index (χ3v) is 5.44. The number of hydrogen-bond acceptors (Lipinski definition) is 2. The molecule has 28 heavy (non-hydrogen) atoms. The van der Waals surface area contributed by atoms with Gasteiger partial charge in [0, 0.05) is 11.4 Å². The highest BCUT2D eigenvalue weighted by atomic mass is 16.3. The van der Waals surface area contributed by atoms with Gasteiger partial charge in [-0.1, -0.05) is 95.8 Å². The second-order valence-electron chi connectivity index (χ2n) is 7.97. The van der Waals surface area contributed by atoms with Gasteiger partial charge in [-0.15, -0.1) is 0 Å². The number of nitrogens with one attached hydrogen (secondary N) is 1. The summed E-state index contributed by atoms with van der Waals surface area (Å²) >= 11 is 0. The Bertz CT molecular complexity index is 638. The van der Waals surface area contributed by atoms with Crippen LogP contribution in [0.3, 0.4) is 0 Å². The minimum Gasteiger partial charge on any atom is -0.508 e. The fourth-order valence-corrected chi connectivity index (χ4v) is 3.74. The number of aryl methyl sites for hydroxylation is 1. The summed E-state index contributed by atoms with van der Waals surface area (Å²) < 4.78 is 0. The number of benzene rings is 2. The molecule has 0 aliphatic heterocycles. The van der Waals surface area contributed by atoms with Crippen molar-refractivity contribution < 1.29 is 5.11 Å². The molecule has 0 aliphatic rings. The van der Waals surface area contributed by atoms with E-state index in [9.17, 15) is 5.11 Å². The number of phenols is 1. The van der Waals surface area contributed by atoms with E-state index in [2.05, 4.69) is 24.4 Å². The number of rotatable bonds is 15. The van der Waals surface area contributed by atoms with Gasteiger partial charge in [0.2, 0.25) is 0 Å². The number of unbranched alkanes of at least 4 members (excludes halogenated alkanes) is 11. The molecule has 2 heteroatoms. The van der Waals surface area contributed by atoms with E-state index in [0.717, 1.165) is 17.8 Å². The van der Waals surface area contributed by atoms with Crippen LogP contribution in [0.5, 0.6) is 5.75 Å². The Balaban J connectivity index is 1.60. The van der Waals surface area contributed by atoms with E-state index < -0.39 is 0 Å². The molecular formula is C26H39NO. The van der Waals surface area contributed by atoms with E-state index in [1.807, 2.05) is 30.3 Å². The lowest BCUT2D eigenvalue weighted by Crippen LogP contribution is -1.96. The predicted molar refractivity (Wildman–Crippen MR) is 123 cm³/mol. The molecule has 0 aliphatic carbocycles. The van der Waals surface area contributed by atoms with Crippen molar-refractivity contribution in [1.29, 1.82) is 0 Å². The van der Waals surface area contributed by atoms with Gasteiger partial charge in [-0.25, -0.2) is 0 Å². The largest absolute Gasteiger partial charge is 0.508 e. The molecule has 2 nitrogen and oxygen atoms in total. The van der Waals surface area contributed by atoms with Crippen LogP contribution in [0.4, 0.5) is 11.4 Å². The number of aromatic hydroxyl groups is 1. The average molecular weight is 382 g/mol. The zero-order valence-corrected chi connectivity index (χ0v) is 17.8. The standard InChI is InChI=1S/C26H39NO/c1-2-3-4-5-6-7-8-9-10-11-12-14-17-23-22-25(28)20-21-26(23)27-24-18-15-13-16-19-24/h13,15-16,18-22,27-28H,2-12,14,17H2,1H3. The van der Waals surface area contributed by atoms with Crippen molar-refractivity contribution in [3.63, 3.8) is 0 Å². The minimum absolute atomic E-state index is 0.354. The van der Waals surface area contributed by atoms with Crippen molar-refractivity contribution in [3.05, 3.63) is 54.1 Å². The van der Waals surface area contributed by atoms with Crippen LogP contribution in [0.2, 0.25) is 0 Å². The van der Waals surface area contributed by atoms with Gasteiger partial charge in [-0.3, -0.25) is 0 Å². The number of para-hydroxylation sites is 1. The van der Waals surface area contributed by atoms with Crippen LogP contribution in [0.1, 0.15) is 89.5 Å². The van der Waals surface area contributed by atoms with Gasteiger partial charge < -0.3 is 10.4 Å². The second-order valence-corrected chi connectivity index (χ2v) is 7.97. The Morgan fingerprint density at radius 2 is 1.25 bits per heavy atom. The van der Waals surface area contributed by atoms with Crippen LogP contribution in [0.25, 0.3) is 0 Å². The van der Waals surface area contributed by atoms with Crippen molar-refractivity contribution in [3.8, 4) is 5.75 Å². The summed E-state index contributed by atoms with van der Waals surface area (Å²) in [7, 11) is 0. The number of anilines is 2. The van der Waals surface area contributed by atoms with Crippen molar-refractivity contribution in [2.24, 2.45) is 0 Å². The zero-order valence-electron chi connectivity index (χ0n) is 17.8. The molecule has 0 bridgehead atoms. The molecule has 0 saturated carbocycles. The van der Waals surface area contributed by atoms with E-state index >= 15 is 0 Å². The molecule has 2 aromatic rings. The first-order valence-electron chi connectivity index (χ1n) is 11.4. The molecule has 0 saturated heterocycles. The first kappa shape index (κ1) is 22.3. The lowest BCUT2D eigenvalue weighted by Gasteiger charge is -2.13. The summed E-state index contributed by atoms with van der Waals surface area (Å²) in [6.07, 6.45) is 17.4. The molecule has 0 fully saturated rings. The van der Waals surface area contributed by atoms with Gasteiger partial charge in [-0.2, -0.15) is 0 Å². The van der Waals surface area contributed by atoms with E-state index in [4.69, 9.17) is 0 Å². The fraction of sp³-hybridized carbons (Fsp3) is 0.538.